The summed E-state index contributed by atoms with van der Waals surface area (Å²) in [5, 5.41) is 2.92. The molecule has 1 N–H and O–H groups in total. The summed E-state index contributed by atoms with van der Waals surface area (Å²) in [6.07, 6.45) is 5.85. The van der Waals surface area contributed by atoms with Crippen LogP contribution in [0.5, 0.6) is 23.1 Å². The topological polar surface area (TPSA) is 90.0 Å². The van der Waals surface area contributed by atoms with Gasteiger partial charge < -0.3 is 19.5 Å². The molecule has 2 fully saturated rings. The van der Waals surface area contributed by atoms with Crippen LogP contribution in [0.2, 0.25) is 0 Å². The molecule has 1 spiro atoms. The van der Waals surface area contributed by atoms with E-state index >= 15 is 0 Å². The lowest BCUT2D eigenvalue weighted by Gasteiger charge is -2.30. The van der Waals surface area contributed by atoms with Crippen molar-refractivity contribution in [2.45, 2.75) is 37.6 Å². The number of carbonyl (C=O) groups excluding carboxylic acids is 2. The molecule has 1 aromatic heterocycles. The fourth-order valence-corrected chi connectivity index (χ4v) is 4.15. The molecule has 1 aliphatic carbocycles. The summed E-state index contributed by atoms with van der Waals surface area (Å²) in [6, 6.07) is 8.10. The van der Waals surface area contributed by atoms with Crippen molar-refractivity contribution in [3.63, 3.8) is 0 Å². The Morgan fingerprint density at radius 1 is 1.00 bits per heavy atom. The molecule has 0 unspecified atom stereocenters. The second kappa shape index (κ2) is 6.95. The Bertz CT molecular complexity index is 971. The predicted molar refractivity (Wildman–Crippen MR) is 104 cm³/mol. The second-order valence-corrected chi connectivity index (χ2v) is 7.47. The Kier molecular flexibility index (Phi) is 4.26. The summed E-state index contributed by atoms with van der Waals surface area (Å²) in [7, 11) is 0. The van der Waals surface area contributed by atoms with Crippen molar-refractivity contribution in [1.29, 1.82) is 0 Å². The maximum atomic E-state index is 13.1. The van der Waals surface area contributed by atoms with Crippen LogP contribution in [-0.2, 0) is 4.79 Å². The average Bonchev–Trinajstić information content (AvgIpc) is 2.97. The fourth-order valence-electron chi connectivity index (χ4n) is 4.15. The van der Waals surface area contributed by atoms with Crippen LogP contribution in [0.4, 0.5) is 10.5 Å². The molecule has 0 radical (unpaired) electrons. The number of imide groups is 1. The first-order valence-electron chi connectivity index (χ1n) is 9.85. The first-order chi connectivity index (χ1) is 14.1. The lowest BCUT2D eigenvalue weighted by molar-refractivity contribution is -0.123. The summed E-state index contributed by atoms with van der Waals surface area (Å²) in [4.78, 5) is 31.1. The first kappa shape index (κ1) is 17.8. The molecule has 5 rings (SSSR count). The summed E-state index contributed by atoms with van der Waals surface area (Å²) in [5.74, 6) is 1.89. The number of rotatable bonds is 3. The van der Waals surface area contributed by atoms with Crippen molar-refractivity contribution in [3.8, 4) is 23.1 Å². The third kappa shape index (κ3) is 3.14. The third-order valence-corrected chi connectivity index (χ3v) is 5.58. The Morgan fingerprint density at radius 3 is 2.62 bits per heavy atom. The summed E-state index contributed by atoms with van der Waals surface area (Å²) >= 11 is 0. The van der Waals surface area contributed by atoms with Crippen molar-refractivity contribution in [2.75, 3.05) is 18.1 Å². The number of anilines is 1. The quantitative estimate of drug-likeness (QED) is 0.801. The van der Waals surface area contributed by atoms with Crippen LogP contribution < -0.4 is 24.4 Å². The lowest BCUT2D eigenvalue weighted by atomic mass is 9.82. The zero-order chi connectivity index (χ0) is 19.8. The minimum Gasteiger partial charge on any atom is -0.486 e. The molecule has 150 valence electrons. The SMILES string of the molecule is O=C1NC2(CCCCC2)C(=O)N1c1ccnc(Oc2ccc3c(c2)OCCO3)c1. The van der Waals surface area contributed by atoms with Gasteiger partial charge in [0.05, 0.1) is 5.69 Å². The molecular formula is C21H21N3O5. The van der Waals surface area contributed by atoms with Crippen LogP contribution in [-0.4, -0.2) is 35.7 Å². The van der Waals surface area contributed by atoms with Gasteiger partial charge in [0, 0.05) is 18.3 Å². The summed E-state index contributed by atoms with van der Waals surface area (Å²) in [6.45, 7) is 1.00. The van der Waals surface area contributed by atoms with E-state index in [0.29, 0.717) is 49.0 Å². The first-order valence-corrected chi connectivity index (χ1v) is 9.85. The number of hydrogen-bond acceptors (Lipinski definition) is 6. The van der Waals surface area contributed by atoms with E-state index in [9.17, 15) is 9.59 Å². The number of urea groups is 1. The summed E-state index contributed by atoms with van der Waals surface area (Å²) < 4.78 is 16.9. The van der Waals surface area contributed by atoms with Crippen LogP contribution in [0.3, 0.4) is 0 Å². The molecule has 0 atom stereocenters. The van der Waals surface area contributed by atoms with E-state index in [-0.39, 0.29) is 11.8 Å². The Labute approximate surface area is 167 Å². The molecule has 3 amide bonds. The molecule has 0 bridgehead atoms. The molecule has 2 aliphatic heterocycles. The molecular weight excluding hydrogens is 374 g/mol. The summed E-state index contributed by atoms with van der Waals surface area (Å²) in [5.41, 5.74) is -0.326. The third-order valence-electron chi connectivity index (χ3n) is 5.58. The highest BCUT2D eigenvalue weighted by molar-refractivity contribution is 6.23. The zero-order valence-corrected chi connectivity index (χ0v) is 15.8. The molecule has 3 heterocycles. The van der Waals surface area contributed by atoms with E-state index in [4.69, 9.17) is 14.2 Å². The molecule has 8 heteroatoms. The Morgan fingerprint density at radius 2 is 1.79 bits per heavy atom. The van der Waals surface area contributed by atoms with E-state index in [1.807, 2.05) is 0 Å². The van der Waals surface area contributed by atoms with Gasteiger partial charge in [0.15, 0.2) is 11.5 Å². The van der Waals surface area contributed by atoms with Gasteiger partial charge in [-0.3, -0.25) is 4.79 Å². The fraction of sp³-hybridized carbons (Fsp3) is 0.381. The van der Waals surface area contributed by atoms with Gasteiger partial charge in [0.25, 0.3) is 5.91 Å². The van der Waals surface area contributed by atoms with Crippen LogP contribution in [0, 0.1) is 0 Å². The second-order valence-electron chi connectivity index (χ2n) is 7.47. The van der Waals surface area contributed by atoms with Gasteiger partial charge in [-0.25, -0.2) is 14.7 Å². The van der Waals surface area contributed by atoms with Gasteiger partial charge >= 0.3 is 6.03 Å². The van der Waals surface area contributed by atoms with Crippen molar-refractivity contribution in [1.82, 2.24) is 10.3 Å². The highest BCUT2D eigenvalue weighted by Crippen LogP contribution is 2.38. The standard InChI is InChI=1S/C21H21N3O5/c25-19-21(7-2-1-3-8-21)23-20(26)24(19)14-6-9-22-18(12-14)29-15-4-5-16-17(13-15)28-11-10-27-16/h4-6,9,12-13H,1-3,7-8,10-11H2,(H,23,26). The van der Waals surface area contributed by atoms with Crippen molar-refractivity contribution in [2.24, 2.45) is 0 Å². The molecule has 2 aromatic rings. The molecule has 8 nitrogen and oxygen atoms in total. The molecule has 29 heavy (non-hydrogen) atoms. The molecule has 1 saturated carbocycles. The number of aromatic nitrogens is 1. The largest absolute Gasteiger partial charge is 0.486 e. The van der Waals surface area contributed by atoms with E-state index in [1.165, 1.54) is 11.1 Å². The highest BCUT2D eigenvalue weighted by Gasteiger charge is 2.51. The molecule has 1 saturated heterocycles. The Hall–Kier alpha value is -3.29. The number of hydrogen-bond donors (Lipinski definition) is 1. The van der Waals surface area contributed by atoms with Gasteiger partial charge in [-0.05, 0) is 31.0 Å². The normalized spacial score (nSPS) is 19.9. The number of ether oxygens (including phenoxy) is 3. The minimum absolute atomic E-state index is 0.196. The molecule has 1 aromatic carbocycles. The van der Waals surface area contributed by atoms with Gasteiger partial charge in [0.1, 0.15) is 24.5 Å². The monoisotopic (exact) mass is 395 g/mol. The number of nitrogens with zero attached hydrogens (tertiary/aromatic N) is 2. The lowest BCUT2D eigenvalue weighted by Crippen LogP contribution is -2.48. The van der Waals surface area contributed by atoms with Gasteiger partial charge in [0.2, 0.25) is 5.88 Å². The van der Waals surface area contributed by atoms with Crippen LogP contribution >= 0.6 is 0 Å². The maximum Gasteiger partial charge on any atom is 0.329 e. The number of fused-ring (bicyclic) bond motifs is 1. The van der Waals surface area contributed by atoms with Gasteiger partial charge in [-0.2, -0.15) is 0 Å². The van der Waals surface area contributed by atoms with E-state index in [0.717, 1.165) is 19.3 Å². The van der Waals surface area contributed by atoms with Gasteiger partial charge in [-0.15, -0.1) is 0 Å². The average molecular weight is 395 g/mol. The van der Waals surface area contributed by atoms with Crippen LogP contribution in [0.25, 0.3) is 0 Å². The van der Waals surface area contributed by atoms with E-state index in [2.05, 4.69) is 10.3 Å². The molecule has 3 aliphatic rings. The van der Waals surface area contributed by atoms with Crippen molar-refractivity contribution < 1.29 is 23.8 Å². The van der Waals surface area contributed by atoms with Crippen LogP contribution in [0.15, 0.2) is 36.5 Å². The number of carbonyl (C=O) groups is 2. The number of benzene rings is 1. The van der Waals surface area contributed by atoms with Gasteiger partial charge in [-0.1, -0.05) is 19.3 Å². The predicted octanol–water partition coefficient (Wildman–Crippen LogP) is 3.40. The van der Waals surface area contributed by atoms with Crippen LogP contribution in [0.1, 0.15) is 32.1 Å². The number of nitrogens with one attached hydrogen (secondary N) is 1. The Balaban J connectivity index is 1.39. The number of pyridine rings is 1. The van der Waals surface area contributed by atoms with Crippen molar-refractivity contribution in [3.05, 3.63) is 36.5 Å². The van der Waals surface area contributed by atoms with Crippen molar-refractivity contribution >= 4 is 17.6 Å². The zero-order valence-electron chi connectivity index (χ0n) is 15.8. The smallest absolute Gasteiger partial charge is 0.329 e. The maximum absolute atomic E-state index is 13.1. The minimum atomic E-state index is -0.768. The van der Waals surface area contributed by atoms with E-state index < -0.39 is 11.6 Å². The van der Waals surface area contributed by atoms with E-state index in [1.54, 1.807) is 30.3 Å². The number of amides is 3. The highest BCUT2D eigenvalue weighted by atomic mass is 16.6.